The fourth-order valence-electron chi connectivity index (χ4n) is 4.18. The third-order valence-electron chi connectivity index (χ3n) is 6.63. The van der Waals surface area contributed by atoms with Gasteiger partial charge in [0.05, 0.1) is 7.92 Å². The summed E-state index contributed by atoms with van der Waals surface area (Å²) in [5.41, 5.74) is 7.86. The first kappa shape index (κ1) is 28.6. The van der Waals surface area contributed by atoms with Gasteiger partial charge >= 0.3 is 0 Å². The van der Waals surface area contributed by atoms with Crippen LogP contribution in [-0.4, -0.2) is 5.11 Å². The summed E-state index contributed by atoms with van der Waals surface area (Å²) in [6, 6.07) is 42.1. The van der Waals surface area contributed by atoms with E-state index in [9.17, 15) is 5.11 Å². The molecule has 0 unspecified atom stereocenters. The molecule has 0 aliphatic carbocycles. The maximum atomic E-state index is 9.65. The molecule has 0 aliphatic heterocycles. The van der Waals surface area contributed by atoms with Gasteiger partial charge in [-0.25, -0.2) is 0 Å². The summed E-state index contributed by atoms with van der Waals surface area (Å²) in [6.07, 6.45) is 0. The van der Waals surface area contributed by atoms with Gasteiger partial charge in [-0.3, -0.25) is 0 Å². The van der Waals surface area contributed by atoms with Gasteiger partial charge < -0.3 is 29.1 Å². The lowest BCUT2D eigenvalue weighted by Gasteiger charge is -2.13. The van der Waals surface area contributed by atoms with E-state index < -0.39 is 7.92 Å². The van der Waals surface area contributed by atoms with Crippen LogP contribution in [0.5, 0.6) is 5.75 Å². The lowest BCUT2D eigenvalue weighted by molar-refractivity contribution is -0.00000827. The Hall–Kier alpha value is -2.94. The molecule has 0 heterocycles. The molecule has 0 amide bonds. The van der Waals surface area contributed by atoms with Gasteiger partial charge in [-0.1, -0.05) is 72.8 Å². The maximum absolute atomic E-state index is 9.65. The van der Waals surface area contributed by atoms with Crippen LogP contribution in [0.3, 0.4) is 0 Å². The molecular formula is C34H34IOP. The number of halogens is 1. The van der Waals surface area contributed by atoms with Crippen LogP contribution in [0, 0.1) is 27.7 Å². The second kappa shape index (κ2) is 13.6. The summed E-state index contributed by atoms with van der Waals surface area (Å²) in [6.45, 7) is 8.66. The van der Waals surface area contributed by atoms with Gasteiger partial charge in [0.15, 0.2) is 0 Å². The van der Waals surface area contributed by atoms with Crippen LogP contribution in [0.15, 0.2) is 121 Å². The van der Waals surface area contributed by atoms with Gasteiger partial charge in [0.1, 0.15) is 21.7 Å². The molecular weight excluding hydrogens is 582 g/mol. The minimum Gasteiger partial charge on any atom is -1.00 e. The van der Waals surface area contributed by atoms with Crippen molar-refractivity contribution in [2.75, 3.05) is 0 Å². The van der Waals surface area contributed by atoms with Gasteiger partial charge in [-0.2, -0.15) is 0 Å². The Morgan fingerprint density at radius 1 is 0.432 bits per heavy atom. The van der Waals surface area contributed by atoms with Crippen LogP contribution in [0.2, 0.25) is 0 Å². The van der Waals surface area contributed by atoms with Crippen molar-refractivity contribution in [3.8, 4) is 16.9 Å². The largest absolute Gasteiger partial charge is 1.00 e. The number of hydrogen-bond acceptors (Lipinski definition) is 1. The van der Waals surface area contributed by atoms with Crippen LogP contribution >= 0.6 is 7.92 Å². The highest BCUT2D eigenvalue weighted by Crippen LogP contribution is 2.34. The third-order valence-corrected chi connectivity index (χ3v) is 9.32. The Labute approximate surface area is 240 Å². The molecule has 0 aliphatic rings. The van der Waals surface area contributed by atoms with Crippen molar-refractivity contribution in [2.24, 2.45) is 0 Å². The predicted molar refractivity (Wildman–Crippen MR) is 159 cm³/mol. The summed E-state index contributed by atoms with van der Waals surface area (Å²) in [7, 11) is -1.08. The topological polar surface area (TPSA) is 20.2 Å². The molecule has 188 valence electrons. The molecule has 0 saturated carbocycles. The zero-order valence-corrected chi connectivity index (χ0v) is 25.0. The van der Waals surface area contributed by atoms with E-state index in [4.69, 9.17) is 0 Å². The van der Waals surface area contributed by atoms with E-state index in [0.717, 1.165) is 0 Å². The highest BCUT2D eigenvalue weighted by Gasteiger charge is 2.26. The van der Waals surface area contributed by atoms with Crippen molar-refractivity contribution in [2.45, 2.75) is 27.7 Å². The van der Waals surface area contributed by atoms with Gasteiger partial charge in [0.2, 0.25) is 0 Å². The standard InChI is InChI=1S/C22H23OP.C12H10.HI/c1-15-5-9-21(13-17(15)3)24(20-11-7-19(23)8-12-20)22-10-6-16(2)18(4)14-22;1-3-7-11(8-4-1)12-9-5-2-6-10-12;/h5-14,23H,1-4H3;1-10H;1H. The molecule has 0 bridgehead atoms. The minimum absolute atomic E-state index is 0. The summed E-state index contributed by atoms with van der Waals surface area (Å²) in [5, 5.41) is 13.7. The van der Waals surface area contributed by atoms with Crippen LogP contribution in [0.4, 0.5) is 0 Å². The zero-order chi connectivity index (χ0) is 25.5. The first-order chi connectivity index (χ1) is 17.4. The fourth-order valence-corrected chi connectivity index (χ4v) is 6.90. The maximum Gasteiger partial charge on any atom is 0.115 e. The van der Waals surface area contributed by atoms with E-state index in [2.05, 4.69) is 125 Å². The van der Waals surface area contributed by atoms with E-state index in [1.807, 2.05) is 12.1 Å². The molecule has 5 rings (SSSR count). The van der Waals surface area contributed by atoms with Crippen LogP contribution in [0.1, 0.15) is 22.3 Å². The normalized spacial score (nSPS) is 10.3. The van der Waals surface area contributed by atoms with E-state index in [1.165, 1.54) is 49.3 Å². The lowest BCUT2D eigenvalue weighted by atomic mass is 10.1. The van der Waals surface area contributed by atoms with Gasteiger partial charge in [0, 0.05) is 0 Å². The second-order valence-corrected chi connectivity index (χ2v) is 11.7. The van der Waals surface area contributed by atoms with Crippen molar-refractivity contribution in [3.05, 3.63) is 144 Å². The molecule has 0 aromatic heterocycles. The van der Waals surface area contributed by atoms with E-state index >= 15 is 0 Å². The number of phenolic OH excluding ortho intramolecular Hbond substituents is 1. The number of phenols is 1. The fraction of sp³-hybridized carbons (Fsp3) is 0.118. The van der Waals surface area contributed by atoms with Gasteiger partial charge in [-0.15, -0.1) is 0 Å². The Balaban J connectivity index is 0.000000246. The molecule has 0 radical (unpaired) electrons. The molecule has 0 saturated heterocycles. The van der Waals surface area contributed by atoms with Crippen LogP contribution in [0.25, 0.3) is 11.1 Å². The van der Waals surface area contributed by atoms with E-state index in [-0.39, 0.29) is 24.0 Å². The predicted octanol–water partition coefficient (Wildman–Crippen LogP) is 4.47. The SMILES string of the molecule is Cc1ccc([PH+](c2ccc(O)cc2)c2ccc(C)c(C)c2)cc1C.[I-].c1ccc(-c2ccccc2)cc1. The number of hydrogen-bond donors (Lipinski definition) is 1. The highest BCUT2D eigenvalue weighted by atomic mass is 127. The first-order valence-electron chi connectivity index (χ1n) is 12.3. The van der Waals surface area contributed by atoms with Gasteiger partial charge in [-0.05, 0) is 110 Å². The first-order valence-corrected chi connectivity index (χ1v) is 13.8. The van der Waals surface area contributed by atoms with E-state index in [0.29, 0.717) is 5.75 Å². The number of aryl methyl sites for hydroxylation is 4. The number of aromatic hydroxyl groups is 1. The Morgan fingerprint density at radius 3 is 1.19 bits per heavy atom. The monoisotopic (exact) mass is 616 g/mol. The third kappa shape index (κ3) is 7.53. The summed E-state index contributed by atoms with van der Waals surface area (Å²) >= 11 is 0. The average molecular weight is 617 g/mol. The molecule has 1 N–H and O–H groups in total. The summed E-state index contributed by atoms with van der Waals surface area (Å²) < 4.78 is 0. The molecule has 5 aromatic rings. The molecule has 5 aromatic carbocycles. The summed E-state index contributed by atoms with van der Waals surface area (Å²) in [5.74, 6) is 0.320. The molecule has 0 spiro atoms. The minimum atomic E-state index is -1.08. The Kier molecular flexibility index (Phi) is 10.5. The molecule has 0 fully saturated rings. The number of rotatable bonds is 4. The summed E-state index contributed by atoms with van der Waals surface area (Å²) in [4.78, 5) is 0. The van der Waals surface area contributed by atoms with Crippen molar-refractivity contribution >= 4 is 23.8 Å². The second-order valence-electron chi connectivity index (χ2n) is 9.25. The van der Waals surface area contributed by atoms with Crippen LogP contribution in [-0.2, 0) is 0 Å². The van der Waals surface area contributed by atoms with Crippen molar-refractivity contribution in [3.63, 3.8) is 0 Å². The molecule has 37 heavy (non-hydrogen) atoms. The van der Waals surface area contributed by atoms with Crippen molar-refractivity contribution < 1.29 is 29.1 Å². The van der Waals surface area contributed by atoms with Crippen LogP contribution < -0.4 is 39.9 Å². The lowest BCUT2D eigenvalue weighted by Crippen LogP contribution is -3.00. The number of benzene rings is 5. The quantitative estimate of drug-likeness (QED) is 0.234. The average Bonchev–Trinajstić information content (AvgIpc) is 2.91. The van der Waals surface area contributed by atoms with Gasteiger partial charge in [0.25, 0.3) is 0 Å². The Morgan fingerprint density at radius 2 is 0.811 bits per heavy atom. The van der Waals surface area contributed by atoms with E-state index in [1.54, 1.807) is 12.1 Å². The Bertz CT molecular complexity index is 1330. The molecule has 1 nitrogen and oxygen atoms in total. The molecule has 3 heteroatoms. The van der Waals surface area contributed by atoms with Crippen molar-refractivity contribution in [1.82, 2.24) is 0 Å². The smallest absolute Gasteiger partial charge is 0.115 e. The highest BCUT2D eigenvalue weighted by molar-refractivity contribution is 7.79. The van der Waals surface area contributed by atoms with Crippen molar-refractivity contribution in [1.29, 1.82) is 0 Å². The molecule has 0 atom stereocenters. The zero-order valence-electron chi connectivity index (χ0n) is 21.9.